The van der Waals surface area contributed by atoms with Crippen LogP contribution in [0.3, 0.4) is 0 Å². The van der Waals surface area contributed by atoms with Crippen LogP contribution in [0.25, 0.3) is 0 Å². The van der Waals surface area contributed by atoms with E-state index in [2.05, 4.69) is 16.7 Å². The predicted molar refractivity (Wildman–Crippen MR) is 63.0 cm³/mol. The van der Waals surface area contributed by atoms with E-state index in [9.17, 15) is 4.79 Å². The van der Waals surface area contributed by atoms with Crippen LogP contribution in [0.15, 0.2) is 18.3 Å². The van der Waals surface area contributed by atoms with E-state index in [1.165, 1.54) is 18.5 Å². The molecule has 0 bridgehead atoms. The number of carbonyl (C=O) groups is 1. The Morgan fingerprint density at radius 3 is 3.06 bits per heavy atom. The Hall–Kier alpha value is -1.29. The highest BCUT2D eigenvalue weighted by molar-refractivity contribution is 5.75. The van der Waals surface area contributed by atoms with Crippen molar-refractivity contribution >= 4 is 5.91 Å². The second-order valence-corrected chi connectivity index (χ2v) is 4.24. The number of carbonyl (C=O) groups excluding carboxylic acids is 1. The largest absolute Gasteiger partial charge is 0.355 e. The van der Waals surface area contributed by atoms with Crippen molar-refractivity contribution in [3.63, 3.8) is 0 Å². The maximum absolute atomic E-state index is 11.5. The number of hydrogen-bond acceptors (Lipinski definition) is 2. The third kappa shape index (κ3) is 3.10. The Kier molecular flexibility index (Phi) is 3.62. The van der Waals surface area contributed by atoms with Crippen molar-refractivity contribution in [1.82, 2.24) is 15.2 Å². The van der Waals surface area contributed by atoms with Crippen molar-refractivity contribution in [3.05, 3.63) is 24.0 Å². The molecule has 2 rings (SSSR count). The van der Waals surface area contributed by atoms with Gasteiger partial charge in [0.2, 0.25) is 5.91 Å². The average molecular weight is 221 g/mol. The van der Waals surface area contributed by atoms with Crippen molar-refractivity contribution in [1.29, 1.82) is 0 Å². The second-order valence-electron chi connectivity index (χ2n) is 4.24. The van der Waals surface area contributed by atoms with Crippen molar-refractivity contribution in [2.45, 2.75) is 38.9 Å². The lowest BCUT2D eigenvalue weighted by Gasteiger charge is -2.09. The molecule has 0 aromatic carbocycles. The summed E-state index contributed by atoms with van der Waals surface area (Å²) in [4.78, 5) is 11.5. The minimum Gasteiger partial charge on any atom is -0.355 e. The zero-order valence-electron chi connectivity index (χ0n) is 9.70. The Morgan fingerprint density at radius 2 is 2.38 bits per heavy atom. The van der Waals surface area contributed by atoms with E-state index in [1.807, 2.05) is 23.8 Å². The fraction of sp³-hybridized carbons (Fsp3) is 0.583. The number of aromatic nitrogens is 1. The normalized spacial score (nSPS) is 15.1. The Bertz CT molecular complexity index is 355. The van der Waals surface area contributed by atoms with Gasteiger partial charge in [0, 0.05) is 31.0 Å². The second kappa shape index (κ2) is 5.16. The minimum absolute atomic E-state index is 0.0753. The quantitative estimate of drug-likeness (QED) is 0.749. The molecular weight excluding hydrogens is 202 g/mol. The number of rotatable bonds is 6. The molecule has 0 atom stereocenters. The van der Waals surface area contributed by atoms with Crippen LogP contribution in [-0.4, -0.2) is 23.1 Å². The zero-order valence-corrected chi connectivity index (χ0v) is 9.70. The van der Waals surface area contributed by atoms with Crippen LogP contribution in [0.2, 0.25) is 0 Å². The first-order valence-corrected chi connectivity index (χ1v) is 5.93. The molecule has 1 aliphatic rings. The van der Waals surface area contributed by atoms with E-state index >= 15 is 0 Å². The van der Waals surface area contributed by atoms with Gasteiger partial charge in [-0.1, -0.05) is 0 Å². The van der Waals surface area contributed by atoms with Gasteiger partial charge in [0.15, 0.2) is 0 Å². The van der Waals surface area contributed by atoms with Crippen LogP contribution >= 0.6 is 0 Å². The first-order valence-electron chi connectivity index (χ1n) is 5.93. The lowest BCUT2D eigenvalue weighted by atomic mass is 10.4. The van der Waals surface area contributed by atoms with E-state index in [1.54, 1.807) is 0 Å². The van der Waals surface area contributed by atoms with Gasteiger partial charge in [0.25, 0.3) is 0 Å². The highest BCUT2D eigenvalue weighted by atomic mass is 16.1. The monoisotopic (exact) mass is 221 g/mol. The van der Waals surface area contributed by atoms with Gasteiger partial charge in [0.1, 0.15) is 6.54 Å². The topological polar surface area (TPSA) is 46.1 Å². The Morgan fingerprint density at radius 1 is 1.56 bits per heavy atom. The average Bonchev–Trinajstić information content (AvgIpc) is 2.98. The molecule has 0 spiro atoms. The summed E-state index contributed by atoms with van der Waals surface area (Å²) in [5.41, 5.74) is 1.18. The van der Waals surface area contributed by atoms with E-state index in [-0.39, 0.29) is 5.91 Å². The van der Waals surface area contributed by atoms with E-state index < -0.39 is 0 Å². The van der Waals surface area contributed by atoms with Crippen molar-refractivity contribution in [3.8, 4) is 0 Å². The van der Waals surface area contributed by atoms with Gasteiger partial charge in [-0.05, 0) is 31.9 Å². The summed E-state index contributed by atoms with van der Waals surface area (Å²) in [6.45, 7) is 3.90. The maximum Gasteiger partial charge on any atom is 0.239 e. The molecule has 1 heterocycles. The van der Waals surface area contributed by atoms with Gasteiger partial charge in [-0.3, -0.25) is 4.79 Å². The molecular formula is C12H19N3O. The lowest BCUT2D eigenvalue weighted by Crippen LogP contribution is -2.28. The summed E-state index contributed by atoms with van der Waals surface area (Å²) in [6, 6.07) is 4.75. The fourth-order valence-corrected chi connectivity index (χ4v) is 1.71. The Labute approximate surface area is 96.0 Å². The van der Waals surface area contributed by atoms with Crippen LogP contribution in [0.4, 0.5) is 0 Å². The van der Waals surface area contributed by atoms with Crippen LogP contribution in [0.5, 0.6) is 0 Å². The van der Waals surface area contributed by atoms with Crippen molar-refractivity contribution in [2.24, 2.45) is 0 Å². The Balaban J connectivity index is 1.87. The number of nitrogens with zero attached hydrogens (tertiary/aromatic N) is 1. The molecule has 1 fully saturated rings. The van der Waals surface area contributed by atoms with Gasteiger partial charge in [0.05, 0.1) is 0 Å². The molecule has 1 aromatic rings. The first kappa shape index (κ1) is 11.2. The molecule has 16 heavy (non-hydrogen) atoms. The van der Waals surface area contributed by atoms with Crippen LogP contribution in [0, 0.1) is 0 Å². The van der Waals surface area contributed by atoms with E-state index in [0.717, 1.165) is 6.54 Å². The molecule has 88 valence electrons. The number of likely N-dealkylation sites (N-methyl/N-ethyl adjacent to an activating group) is 1. The third-order valence-electron chi connectivity index (χ3n) is 2.76. The molecule has 4 nitrogen and oxygen atoms in total. The molecule has 1 amide bonds. The van der Waals surface area contributed by atoms with Crippen LogP contribution < -0.4 is 10.6 Å². The predicted octanol–water partition coefficient (Wildman–Crippen LogP) is 0.876. The number of hydrogen-bond donors (Lipinski definition) is 2. The molecule has 0 aliphatic heterocycles. The van der Waals surface area contributed by atoms with Gasteiger partial charge in [-0.15, -0.1) is 0 Å². The molecule has 0 unspecified atom stereocenters. The highest BCUT2D eigenvalue weighted by Gasteiger charge is 2.20. The number of nitrogens with one attached hydrogen (secondary N) is 2. The summed E-state index contributed by atoms with van der Waals surface area (Å²) < 4.78 is 2.00. The molecule has 0 saturated heterocycles. The van der Waals surface area contributed by atoms with Gasteiger partial charge in [-0.25, -0.2) is 0 Å². The molecule has 2 N–H and O–H groups in total. The summed E-state index contributed by atoms with van der Waals surface area (Å²) in [5.74, 6) is 0.0753. The first-order chi connectivity index (χ1) is 7.79. The molecule has 1 aliphatic carbocycles. The number of amides is 1. The lowest BCUT2D eigenvalue weighted by molar-refractivity contribution is -0.121. The third-order valence-corrected chi connectivity index (χ3v) is 2.76. The van der Waals surface area contributed by atoms with Gasteiger partial charge >= 0.3 is 0 Å². The van der Waals surface area contributed by atoms with Crippen molar-refractivity contribution in [2.75, 3.05) is 6.54 Å². The molecule has 1 aromatic heterocycles. The van der Waals surface area contributed by atoms with E-state index in [4.69, 9.17) is 0 Å². The van der Waals surface area contributed by atoms with Gasteiger partial charge < -0.3 is 15.2 Å². The molecule has 4 heteroatoms. The summed E-state index contributed by atoms with van der Waals surface area (Å²) >= 11 is 0. The highest BCUT2D eigenvalue weighted by Crippen LogP contribution is 2.19. The smallest absolute Gasteiger partial charge is 0.239 e. The summed E-state index contributed by atoms with van der Waals surface area (Å²) in [5, 5.41) is 6.26. The van der Waals surface area contributed by atoms with Crippen LogP contribution in [-0.2, 0) is 17.9 Å². The zero-order chi connectivity index (χ0) is 11.4. The van der Waals surface area contributed by atoms with Gasteiger partial charge in [-0.2, -0.15) is 0 Å². The van der Waals surface area contributed by atoms with E-state index in [0.29, 0.717) is 19.1 Å². The SMILES string of the molecule is CCNC(=O)Cn1cccc1CNC1CC1. The van der Waals surface area contributed by atoms with Crippen LogP contribution in [0.1, 0.15) is 25.5 Å². The molecule has 0 radical (unpaired) electrons. The maximum atomic E-state index is 11.5. The standard InChI is InChI=1S/C12H19N3O/c1-2-13-12(16)9-15-7-3-4-11(15)8-14-10-5-6-10/h3-4,7,10,14H,2,5-6,8-9H2,1H3,(H,13,16). The summed E-state index contributed by atoms with van der Waals surface area (Å²) in [7, 11) is 0. The fourth-order valence-electron chi connectivity index (χ4n) is 1.71. The summed E-state index contributed by atoms with van der Waals surface area (Å²) in [6.07, 6.45) is 4.53. The molecule has 1 saturated carbocycles. The van der Waals surface area contributed by atoms with Crippen molar-refractivity contribution < 1.29 is 4.79 Å². The minimum atomic E-state index is 0.0753.